The fourth-order valence-corrected chi connectivity index (χ4v) is 1.78. The molecule has 1 heterocycles. The van der Waals surface area contributed by atoms with Gasteiger partial charge >= 0.3 is 0 Å². The largest absolute Gasteiger partial charge is 0.294 e. The highest BCUT2D eigenvalue weighted by Crippen LogP contribution is 2.21. The lowest BCUT2D eigenvalue weighted by molar-refractivity contribution is 0.101. The van der Waals surface area contributed by atoms with Crippen molar-refractivity contribution in [2.75, 3.05) is 0 Å². The zero-order valence-corrected chi connectivity index (χ0v) is 10.5. The molecular weight excluding hydrogens is 231 g/mol. The summed E-state index contributed by atoms with van der Waals surface area (Å²) in [5.41, 5.74) is 2.64. The Hall–Kier alpha value is -2.10. The number of halogens is 1. The van der Waals surface area contributed by atoms with Gasteiger partial charge in [0.1, 0.15) is 5.82 Å². The molecule has 0 bridgehead atoms. The third kappa shape index (κ3) is 2.27. The molecule has 0 aliphatic heterocycles. The first kappa shape index (κ1) is 12.4. The quantitative estimate of drug-likeness (QED) is 0.762. The highest BCUT2D eigenvalue weighted by molar-refractivity contribution is 5.94. The van der Waals surface area contributed by atoms with Crippen molar-refractivity contribution in [1.29, 1.82) is 0 Å². The Labute approximate surface area is 105 Å². The molecule has 1 aromatic heterocycles. The zero-order chi connectivity index (χ0) is 13.3. The van der Waals surface area contributed by atoms with Crippen molar-refractivity contribution in [3.05, 3.63) is 47.0 Å². The summed E-state index contributed by atoms with van der Waals surface area (Å²) >= 11 is 0. The van der Waals surface area contributed by atoms with E-state index in [4.69, 9.17) is 0 Å². The van der Waals surface area contributed by atoms with E-state index >= 15 is 0 Å². The highest BCUT2D eigenvalue weighted by Gasteiger charge is 2.11. The van der Waals surface area contributed by atoms with Gasteiger partial charge in [-0.15, -0.1) is 0 Å². The molecule has 18 heavy (non-hydrogen) atoms. The van der Waals surface area contributed by atoms with Gasteiger partial charge in [0.05, 0.1) is 11.3 Å². The van der Waals surface area contributed by atoms with Crippen LogP contribution in [0.25, 0.3) is 11.4 Å². The summed E-state index contributed by atoms with van der Waals surface area (Å²) in [4.78, 5) is 19.7. The SMILES string of the molecule is CC(=O)c1cnc(-c2cc(F)ccc2C)nc1C. The Morgan fingerprint density at radius 2 is 2.00 bits per heavy atom. The number of ketones is 1. The van der Waals surface area contributed by atoms with E-state index in [0.717, 1.165) is 5.56 Å². The van der Waals surface area contributed by atoms with E-state index in [1.807, 2.05) is 6.92 Å². The number of hydrogen-bond donors (Lipinski definition) is 0. The van der Waals surface area contributed by atoms with E-state index in [2.05, 4.69) is 9.97 Å². The Bertz CT molecular complexity index is 623. The summed E-state index contributed by atoms with van der Waals surface area (Å²) in [5.74, 6) is 0.0389. The second-order valence-corrected chi connectivity index (χ2v) is 4.21. The molecule has 0 aliphatic carbocycles. The summed E-state index contributed by atoms with van der Waals surface area (Å²) in [6, 6.07) is 4.48. The molecule has 0 saturated heterocycles. The molecule has 0 spiro atoms. The van der Waals surface area contributed by atoms with Crippen LogP contribution in [0.5, 0.6) is 0 Å². The van der Waals surface area contributed by atoms with Crippen LogP contribution in [0, 0.1) is 19.7 Å². The lowest BCUT2D eigenvalue weighted by Gasteiger charge is -2.07. The molecule has 0 N–H and O–H groups in total. The van der Waals surface area contributed by atoms with Gasteiger partial charge in [0.25, 0.3) is 0 Å². The average Bonchev–Trinajstić information content (AvgIpc) is 2.31. The third-order valence-corrected chi connectivity index (χ3v) is 2.80. The third-order valence-electron chi connectivity index (χ3n) is 2.80. The molecule has 92 valence electrons. The van der Waals surface area contributed by atoms with Gasteiger partial charge in [-0.25, -0.2) is 14.4 Å². The minimum Gasteiger partial charge on any atom is -0.294 e. The molecule has 0 fully saturated rings. The summed E-state index contributed by atoms with van der Waals surface area (Å²) in [7, 11) is 0. The maximum absolute atomic E-state index is 13.2. The molecule has 2 rings (SSSR count). The Balaban J connectivity index is 2.55. The normalized spacial score (nSPS) is 10.4. The Morgan fingerprint density at radius 1 is 1.28 bits per heavy atom. The predicted molar refractivity (Wildman–Crippen MR) is 66.9 cm³/mol. The van der Waals surface area contributed by atoms with E-state index in [1.54, 1.807) is 13.0 Å². The van der Waals surface area contributed by atoms with Gasteiger partial charge in [-0.2, -0.15) is 0 Å². The lowest BCUT2D eigenvalue weighted by Crippen LogP contribution is -2.02. The summed E-state index contributed by atoms with van der Waals surface area (Å²) in [5, 5.41) is 0. The van der Waals surface area contributed by atoms with Crippen LogP contribution < -0.4 is 0 Å². The molecule has 0 aliphatic rings. The van der Waals surface area contributed by atoms with Gasteiger partial charge in [-0.3, -0.25) is 4.79 Å². The van der Waals surface area contributed by atoms with Crippen LogP contribution in [0.4, 0.5) is 4.39 Å². The van der Waals surface area contributed by atoms with Gasteiger partial charge in [0, 0.05) is 11.8 Å². The monoisotopic (exact) mass is 244 g/mol. The topological polar surface area (TPSA) is 42.9 Å². The first-order chi connectivity index (χ1) is 8.49. The van der Waals surface area contributed by atoms with Crippen molar-refractivity contribution in [2.45, 2.75) is 20.8 Å². The van der Waals surface area contributed by atoms with Gasteiger partial charge in [-0.1, -0.05) is 6.07 Å². The molecule has 0 atom stereocenters. The minimum atomic E-state index is -0.326. The molecule has 0 radical (unpaired) electrons. The average molecular weight is 244 g/mol. The Kier molecular flexibility index (Phi) is 3.19. The molecule has 0 unspecified atom stereocenters. The number of carbonyl (C=O) groups is 1. The van der Waals surface area contributed by atoms with E-state index in [9.17, 15) is 9.18 Å². The number of benzene rings is 1. The van der Waals surface area contributed by atoms with Crippen molar-refractivity contribution in [3.8, 4) is 11.4 Å². The maximum Gasteiger partial charge on any atom is 0.163 e. The van der Waals surface area contributed by atoms with Gasteiger partial charge in [0.2, 0.25) is 0 Å². The molecule has 0 saturated carbocycles. The van der Waals surface area contributed by atoms with Crippen molar-refractivity contribution < 1.29 is 9.18 Å². The standard InChI is InChI=1S/C14H13FN2O/c1-8-4-5-11(15)6-12(8)14-16-7-13(10(3)18)9(2)17-14/h4-7H,1-3H3. The first-order valence-electron chi connectivity index (χ1n) is 5.60. The molecule has 1 aromatic carbocycles. The number of carbonyl (C=O) groups excluding carboxylic acids is 1. The summed E-state index contributed by atoms with van der Waals surface area (Å²) < 4.78 is 13.2. The number of hydrogen-bond acceptors (Lipinski definition) is 3. The number of aryl methyl sites for hydroxylation is 2. The van der Waals surface area contributed by atoms with Crippen LogP contribution in [-0.4, -0.2) is 15.8 Å². The first-order valence-corrected chi connectivity index (χ1v) is 5.60. The highest BCUT2D eigenvalue weighted by atomic mass is 19.1. The predicted octanol–water partition coefficient (Wildman–Crippen LogP) is 3.10. The van der Waals surface area contributed by atoms with Crippen LogP contribution in [0.15, 0.2) is 24.4 Å². The lowest BCUT2D eigenvalue weighted by atomic mass is 10.1. The van der Waals surface area contributed by atoms with Gasteiger partial charge in [-0.05, 0) is 38.5 Å². The van der Waals surface area contributed by atoms with Crippen molar-refractivity contribution in [1.82, 2.24) is 9.97 Å². The fourth-order valence-electron chi connectivity index (χ4n) is 1.78. The maximum atomic E-state index is 13.2. The van der Waals surface area contributed by atoms with Crippen LogP contribution in [-0.2, 0) is 0 Å². The summed E-state index contributed by atoms with van der Waals surface area (Å²) in [6.45, 7) is 5.09. The molecule has 4 heteroatoms. The molecule has 3 nitrogen and oxygen atoms in total. The van der Waals surface area contributed by atoms with Crippen LogP contribution >= 0.6 is 0 Å². The number of rotatable bonds is 2. The molecule has 2 aromatic rings. The van der Waals surface area contributed by atoms with Gasteiger partial charge < -0.3 is 0 Å². The van der Waals surface area contributed by atoms with Crippen molar-refractivity contribution in [3.63, 3.8) is 0 Å². The fraction of sp³-hybridized carbons (Fsp3) is 0.214. The van der Waals surface area contributed by atoms with Gasteiger partial charge in [0.15, 0.2) is 11.6 Å². The second-order valence-electron chi connectivity index (χ2n) is 4.21. The Morgan fingerprint density at radius 3 is 2.61 bits per heavy atom. The van der Waals surface area contributed by atoms with E-state index in [1.165, 1.54) is 25.3 Å². The van der Waals surface area contributed by atoms with E-state index in [-0.39, 0.29) is 11.6 Å². The van der Waals surface area contributed by atoms with E-state index < -0.39 is 0 Å². The smallest absolute Gasteiger partial charge is 0.163 e. The number of Topliss-reactive ketones (excluding diaryl/α,β-unsaturated/α-hetero) is 1. The summed E-state index contributed by atoms with van der Waals surface area (Å²) in [6.07, 6.45) is 1.49. The molecule has 0 amide bonds. The van der Waals surface area contributed by atoms with Crippen LogP contribution in [0.1, 0.15) is 28.5 Å². The second kappa shape index (κ2) is 4.64. The molecular formula is C14H13FN2O. The minimum absolute atomic E-state index is 0.0741. The number of aromatic nitrogens is 2. The number of nitrogens with zero attached hydrogens (tertiary/aromatic N) is 2. The van der Waals surface area contributed by atoms with Crippen molar-refractivity contribution >= 4 is 5.78 Å². The van der Waals surface area contributed by atoms with Crippen LogP contribution in [0.2, 0.25) is 0 Å². The zero-order valence-electron chi connectivity index (χ0n) is 10.5. The van der Waals surface area contributed by atoms with Crippen LogP contribution in [0.3, 0.4) is 0 Å². The van der Waals surface area contributed by atoms with E-state index in [0.29, 0.717) is 22.6 Å². The van der Waals surface area contributed by atoms with Crippen molar-refractivity contribution in [2.24, 2.45) is 0 Å².